The van der Waals surface area contributed by atoms with Crippen LogP contribution in [0.25, 0.3) is 0 Å². The number of hydrogen-bond donors (Lipinski definition) is 2. The number of hydrogen-bond acceptors (Lipinski definition) is 3. The molecule has 0 spiro atoms. The fourth-order valence-corrected chi connectivity index (χ4v) is 3.55. The number of carbonyl (C=O) groups is 1. The Morgan fingerprint density at radius 2 is 2.20 bits per heavy atom. The molecule has 2 atom stereocenters. The largest absolute Gasteiger partial charge is 0.368 e. The van der Waals surface area contributed by atoms with Crippen molar-refractivity contribution < 1.29 is 4.79 Å². The van der Waals surface area contributed by atoms with Gasteiger partial charge < -0.3 is 15.5 Å². The molecule has 1 amide bonds. The lowest BCUT2D eigenvalue weighted by Gasteiger charge is -2.21. The van der Waals surface area contributed by atoms with Crippen LogP contribution in [0.15, 0.2) is 28.7 Å². The van der Waals surface area contributed by atoms with Gasteiger partial charge in [-0.15, -0.1) is 0 Å². The summed E-state index contributed by atoms with van der Waals surface area (Å²) >= 11 is 3.59. The molecule has 2 N–H and O–H groups in total. The summed E-state index contributed by atoms with van der Waals surface area (Å²) in [5, 5.41) is 6.43. The van der Waals surface area contributed by atoms with Gasteiger partial charge in [0.05, 0.1) is 11.7 Å². The second-order valence-corrected chi connectivity index (χ2v) is 6.39. The Balaban J connectivity index is 1.57. The SMILES string of the molecule is O=C(N[C@H]1CCN(c2ccccc2Br)C1)[C@H]1CCCN1. The lowest BCUT2D eigenvalue weighted by molar-refractivity contribution is -0.123. The summed E-state index contributed by atoms with van der Waals surface area (Å²) < 4.78 is 1.12. The number of halogens is 1. The maximum absolute atomic E-state index is 12.1. The van der Waals surface area contributed by atoms with E-state index in [4.69, 9.17) is 0 Å². The van der Waals surface area contributed by atoms with Crippen molar-refractivity contribution in [3.63, 3.8) is 0 Å². The first-order valence-electron chi connectivity index (χ1n) is 7.27. The fourth-order valence-electron chi connectivity index (χ4n) is 3.02. The van der Waals surface area contributed by atoms with Gasteiger partial charge in [-0.3, -0.25) is 4.79 Å². The molecule has 0 radical (unpaired) electrons. The Kier molecular flexibility index (Phi) is 4.27. The van der Waals surface area contributed by atoms with E-state index in [2.05, 4.69) is 49.7 Å². The van der Waals surface area contributed by atoms with Gasteiger partial charge in [-0.25, -0.2) is 0 Å². The minimum absolute atomic E-state index is 0.0208. The quantitative estimate of drug-likeness (QED) is 0.885. The molecule has 0 aliphatic carbocycles. The standard InChI is InChI=1S/C15H20BrN3O/c16-12-4-1-2-6-14(12)19-9-7-11(10-19)18-15(20)13-5-3-8-17-13/h1-2,4,6,11,13,17H,3,5,7-10H2,(H,18,20)/t11-,13+/m0/s1. The van der Waals surface area contributed by atoms with Crippen molar-refractivity contribution in [3.05, 3.63) is 28.7 Å². The molecule has 1 aromatic carbocycles. The number of anilines is 1. The van der Waals surface area contributed by atoms with Crippen LogP contribution in [0.4, 0.5) is 5.69 Å². The van der Waals surface area contributed by atoms with Gasteiger partial charge in [-0.2, -0.15) is 0 Å². The molecular formula is C15H20BrN3O. The zero-order valence-corrected chi connectivity index (χ0v) is 13.0. The molecule has 4 nitrogen and oxygen atoms in total. The first-order chi connectivity index (χ1) is 9.74. The van der Waals surface area contributed by atoms with Gasteiger partial charge >= 0.3 is 0 Å². The van der Waals surface area contributed by atoms with Crippen LogP contribution in [0, 0.1) is 0 Å². The van der Waals surface area contributed by atoms with E-state index in [-0.39, 0.29) is 18.0 Å². The van der Waals surface area contributed by atoms with Crippen LogP contribution in [0.2, 0.25) is 0 Å². The minimum atomic E-state index is 0.0208. The van der Waals surface area contributed by atoms with E-state index in [0.717, 1.165) is 43.4 Å². The van der Waals surface area contributed by atoms with E-state index in [9.17, 15) is 4.79 Å². The van der Waals surface area contributed by atoms with E-state index in [1.807, 2.05) is 6.07 Å². The number of amides is 1. The number of benzene rings is 1. The van der Waals surface area contributed by atoms with E-state index in [0.29, 0.717) is 0 Å². The molecule has 0 bridgehead atoms. The molecule has 2 heterocycles. The topological polar surface area (TPSA) is 44.4 Å². The summed E-state index contributed by atoms with van der Waals surface area (Å²) in [6.45, 7) is 2.85. The van der Waals surface area contributed by atoms with Gasteiger partial charge in [0, 0.05) is 23.6 Å². The Morgan fingerprint density at radius 3 is 2.95 bits per heavy atom. The maximum Gasteiger partial charge on any atom is 0.237 e. The normalized spacial score (nSPS) is 25.9. The highest BCUT2D eigenvalue weighted by Crippen LogP contribution is 2.28. The molecule has 2 aliphatic heterocycles. The second-order valence-electron chi connectivity index (χ2n) is 5.54. The number of carbonyl (C=O) groups excluding carboxylic acids is 1. The fraction of sp³-hybridized carbons (Fsp3) is 0.533. The number of nitrogens with zero attached hydrogens (tertiary/aromatic N) is 1. The van der Waals surface area contributed by atoms with Crippen LogP contribution in [0.1, 0.15) is 19.3 Å². The van der Waals surface area contributed by atoms with Crippen LogP contribution < -0.4 is 15.5 Å². The van der Waals surface area contributed by atoms with Gasteiger partial charge in [-0.1, -0.05) is 12.1 Å². The first kappa shape index (κ1) is 13.9. The number of para-hydroxylation sites is 1. The molecule has 2 saturated heterocycles. The Labute approximate surface area is 128 Å². The summed E-state index contributed by atoms with van der Waals surface area (Å²) in [5.41, 5.74) is 1.21. The van der Waals surface area contributed by atoms with Gasteiger partial charge in [-0.05, 0) is 53.9 Å². The summed E-state index contributed by atoms with van der Waals surface area (Å²) in [4.78, 5) is 14.4. The number of rotatable bonds is 3. The maximum atomic E-state index is 12.1. The highest BCUT2D eigenvalue weighted by Gasteiger charge is 2.28. The summed E-state index contributed by atoms with van der Waals surface area (Å²) in [6.07, 6.45) is 3.08. The zero-order chi connectivity index (χ0) is 13.9. The van der Waals surface area contributed by atoms with Crippen molar-refractivity contribution in [2.45, 2.75) is 31.3 Å². The molecule has 108 valence electrons. The minimum Gasteiger partial charge on any atom is -0.368 e. The number of nitrogens with one attached hydrogen (secondary N) is 2. The first-order valence-corrected chi connectivity index (χ1v) is 8.06. The third kappa shape index (κ3) is 2.99. The molecular weight excluding hydrogens is 318 g/mol. The molecule has 1 aromatic rings. The summed E-state index contributed by atoms with van der Waals surface area (Å²) in [7, 11) is 0. The zero-order valence-electron chi connectivity index (χ0n) is 11.4. The summed E-state index contributed by atoms with van der Waals surface area (Å²) in [6, 6.07) is 8.53. The highest BCUT2D eigenvalue weighted by atomic mass is 79.9. The molecule has 0 aromatic heterocycles. The van der Waals surface area contributed by atoms with Gasteiger partial charge in [0.1, 0.15) is 0 Å². The Morgan fingerprint density at radius 1 is 1.35 bits per heavy atom. The highest BCUT2D eigenvalue weighted by molar-refractivity contribution is 9.10. The van der Waals surface area contributed by atoms with E-state index in [1.54, 1.807) is 0 Å². The van der Waals surface area contributed by atoms with Crippen molar-refractivity contribution in [1.29, 1.82) is 0 Å². The molecule has 2 aliphatic rings. The van der Waals surface area contributed by atoms with Crippen molar-refractivity contribution in [2.24, 2.45) is 0 Å². The molecule has 0 saturated carbocycles. The molecule has 5 heteroatoms. The van der Waals surface area contributed by atoms with Crippen LogP contribution in [0.5, 0.6) is 0 Å². The smallest absolute Gasteiger partial charge is 0.237 e. The van der Waals surface area contributed by atoms with E-state index >= 15 is 0 Å². The lowest BCUT2D eigenvalue weighted by Crippen LogP contribution is -2.46. The average molecular weight is 338 g/mol. The molecule has 0 unspecified atom stereocenters. The van der Waals surface area contributed by atoms with Crippen LogP contribution in [-0.4, -0.2) is 37.6 Å². The van der Waals surface area contributed by atoms with Gasteiger partial charge in [0.2, 0.25) is 5.91 Å². The third-order valence-corrected chi connectivity index (χ3v) is 4.78. The molecule has 2 fully saturated rings. The monoisotopic (exact) mass is 337 g/mol. The molecule has 20 heavy (non-hydrogen) atoms. The third-order valence-electron chi connectivity index (χ3n) is 4.10. The van der Waals surface area contributed by atoms with Crippen molar-refractivity contribution >= 4 is 27.5 Å². The predicted octanol–water partition coefficient (Wildman–Crippen LogP) is 1.90. The second kappa shape index (κ2) is 6.14. The Bertz CT molecular complexity index is 488. The Hall–Kier alpha value is -1.07. The van der Waals surface area contributed by atoms with Crippen LogP contribution >= 0.6 is 15.9 Å². The van der Waals surface area contributed by atoms with Gasteiger partial charge in [0.15, 0.2) is 0 Å². The predicted molar refractivity (Wildman–Crippen MR) is 83.9 cm³/mol. The average Bonchev–Trinajstić information content (AvgIpc) is 3.10. The summed E-state index contributed by atoms with van der Waals surface area (Å²) in [5.74, 6) is 0.168. The van der Waals surface area contributed by atoms with Crippen molar-refractivity contribution in [2.75, 3.05) is 24.5 Å². The van der Waals surface area contributed by atoms with Gasteiger partial charge in [0.25, 0.3) is 0 Å². The van der Waals surface area contributed by atoms with E-state index in [1.165, 1.54) is 5.69 Å². The van der Waals surface area contributed by atoms with Crippen LogP contribution in [-0.2, 0) is 4.79 Å². The molecule has 3 rings (SSSR count). The van der Waals surface area contributed by atoms with Crippen molar-refractivity contribution in [3.8, 4) is 0 Å². The van der Waals surface area contributed by atoms with E-state index < -0.39 is 0 Å². The lowest BCUT2D eigenvalue weighted by atomic mass is 10.2. The van der Waals surface area contributed by atoms with Crippen LogP contribution in [0.3, 0.4) is 0 Å². The van der Waals surface area contributed by atoms with Crippen molar-refractivity contribution in [1.82, 2.24) is 10.6 Å².